The summed E-state index contributed by atoms with van der Waals surface area (Å²) in [5, 5.41) is 11.7. The van der Waals surface area contributed by atoms with Gasteiger partial charge in [-0.15, -0.1) is 0 Å². The van der Waals surface area contributed by atoms with Crippen molar-refractivity contribution in [1.82, 2.24) is 50.2 Å². The lowest BCUT2D eigenvalue weighted by atomic mass is 10.1. The van der Waals surface area contributed by atoms with Gasteiger partial charge in [0.05, 0.1) is 23.8 Å². The van der Waals surface area contributed by atoms with Gasteiger partial charge >= 0.3 is 0 Å². The number of fused-ring (bicyclic) bond motifs is 2. The fourth-order valence-electron chi connectivity index (χ4n) is 3.71. The van der Waals surface area contributed by atoms with E-state index in [1.54, 1.807) is 37.1 Å². The molecule has 6 rings (SSSR count). The average molecular weight is 444 g/mol. The van der Waals surface area contributed by atoms with Crippen molar-refractivity contribution in [2.45, 2.75) is 38.1 Å². The fourth-order valence-corrected chi connectivity index (χ4v) is 3.71. The summed E-state index contributed by atoms with van der Waals surface area (Å²) in [6, 6.07) is 1.28. The van der Waals surface area contributed by atoms with Crippen LogP contribution < -0.4 is 5.32 Å². The number of carbonyl (C=O) groups is 1. The highest BCUT2D eigenvalue weighted by Crippen LogP contribution is 2.45. The maximum atomic E-state index is 12.8. The second kappa shape index (κ2) is 6.89. The molecule has 1 saturated carbocycles. The van der Waals surface area contributed by atoms with E-state index in [0.29, 0.717) is 34.0 Å². The predicted molar refractivity (Wildman–Crippen MR) is 116 cm³/mol. The van der Waals surface area contributed by atoms with Crippen molar-refractivity contribution in [3.8, 4) is 11.5 Å². The lowest BCUT2D eigenvalue weighted by Gasteiger charge is -2.10. The summed E-state index contributed by atoms with van der Waals surface area (Å²) in [5.74, 6) is 1.46. The normalized spacial score (nSPS) is 15.7. The molecule has 12 nitrogen and oxygen atoms in total. The number of imidazole rings is 1. The Hall–Kier alpha value is -4.22. The first-order valence-corrected chi connectivity index (χ1v) is 10.5. The van der Waals surface area contributed by atoms with E-state index in [-0.39, 0.29) is 17.0 Å². The van der Waals surface area contributed by atoms with E-state index in [1.807, 2.05) is 0 Å². The molecule has 5 heterocycles. The fraction of sp³-hybridized carbons (Fsp3) is 0.333. The molecule has 0 spiro atoms. The van der Waals surface area contributed by atoms with Gasteiger partial charge in [0.2, 0.25) is 0 Å². The number of hydrogen-bond acceptors (Lipinski definition) is 9. The zero-order chi connectivity index (χ0) is 22.7. The third-order valence-electron chi connectivity index (χ3n) is 6.07. The van der Waals surface area contributed by atoms with Gasteiger partial charge in [-0.25, -0.2) is 24.9 Å². The van der Waals surface area contributed by atoms with Gasteiger partial charge in [0, 0.05) is 18.5 Å². The van der Waals surface area contributed by atoms with Crippen LogP contribution in [0.1, 0.15) is 54.8 Å². The molecule has 2 N–H and O–H groups in total. The predicted octanol–water partition coefficient (Wildman–Crippen LogP) is 2.23. The number of rotatable bonds is 5. The molecular weight excluding hydrogens is 424 g/mol. The molecule has 1 amide bonds. The van der Waals surface area contributed by atoms with Crippen LogP contribution in [0.3, 0.4) is 0 Å². The third-order valence-corrected chi connectivity index (χ3v) is 6.07. The zero-order valence-corrected chi connectivity index (χ0v) is 18.2. The lowest BCUT2D eigenvalue weighted by Crippen LogP contribution is -2.27. The first kappa shape index (κ1) is 19.5. The smallest absolute Gasteiger partial charge is 0.271 e. The second-order valence-electron chi connectivity index (χ2n) is 8.61. The van der Waals surface area contributed by atoms with E-state index >= 15 is 0 Å². The Morgan fingerprint density at radius 3 is 2.91 bits per heavy atom. The van der Waals surface area contributed by atoms with Gasteiger partial charge in [-0.2, -0.15) is 5.10 Å². The molecule has 5 aromatic rings. The number of amides is 1. The van der Waals surface area contributed by atoms with Crippen molar-refractivity contribution in [3.05, 3.63) is 42.1 Å². The number of nitrogens with zero attached hydrogens (tertiary/aromatic N) is 8. The SMILES string of the molecule is C[C@@H](NC(=O)c1ncnc2c1cnn2C)c1cc(-c2nc3nc(C4(C)CC4)ncc3[nH]2)no1. The number of nitrogens with one attached hydrogen (secondary N) is 2. The highest BCUT2D eigenvalue weighted by Gasteiger charge is 2.42. The van der Waals surface area contributed by atoms with Gasteiger partial charge in [-0.05, 0) is 19.8 Å². The Morgan fingerprint density at radius 1 is 1.24 bits per heavy atom. The minimum absolute atomic E-state index is 0.0626. The first-order valence-electron chi connectivity index (χ1n) is 10.5. The van der Waals surface area contributed by atoms with E-state index in [4.69, 9.17) is 4.52 Å². The number of aromatic amines is 1. The summed E-state index contributed by atoms with van der Waals surface area (Å²) in [7, 11) is 1.76. The van der Waals surface area contributed by atoms with E-state index in [2.05, 4.69) is 52.4 Å². The summed E-state index contributed by atoms with van der Waals surface area (Å²) >= 11 is 0. The van der Waals surface area contributed by atoms with E-state index < -0.39 is 6.04 Å². The second-order valence-corrected chi connectivity index (χ2v) is 8.61. The first-order chi connectivity index (χ1) is 15.9. The lowest BCUT2D eigenvalue weighted by molar-refractivity contribution is 0.0930. The van der Waals surface area contributed by atoms with Gasteiger partial charge in [-0.1, -0.05) is 12.1 Å². The summed E-state index contributed by atoms with van der Waals surface area (Å²) < 4.78 is 7.07. The largest absolute Gasteiger partial charge is 0.358 e. The third kappa shape index (κ3) is 3.22. The van der Waals surface area contributed by atoms with E-state index in [1.165, 1.54) is 6.33 Å². The van der Waals surface area contributed by atoms with Crippen LogP contribution in [0.15, 0.2) is 29.3 Å². The van der Waals surface area contributed by atoms with Crippen LogP contribution in [-0.2, 0) is 12.5 Å². The Bertz CT molecular complexity index is 1530. The number of aromatic nitrogens is 9. The molecule has 0 unspecified atom stereocenters. The summed E-state index contributed by atoms with van der Waals surface area (Å²) in [4.78, 5) is 37.9. The number of hydrogen-bond donors (Lipinski definition) is 2. The standard InChI is InChI=1S/C21H20N10O2/c1-10(26-19(32)15-11-7-25-31(3)18(11)24-9-23-15)14-6-12(30-33-14)16-27-13-8-22-20(21(2)4-5-21)29-17(13)28-16/h6-10H,4-5H2,1-3H3,(H,26,32)(H,22,27,28,29)/t10-/m1/s1. The molecule has 0 saturated heterocycles. The minimum Gasteiger partial charge on any atom is -0.358 e. The highest BCUT2D eigenvalue weighted by molar-refractivity contribution is 6.03. The van der Waals surface area contributed by atoms with Gasteiger partial charge in [0.25, 0.3) is 5.91 Å². The number of H-pyrrole nitrogens is 1. The van der Waals surface area contributed by atoms with E-state index in [9.17, 15) is 4.79 Å². The molecule has 33 heavy (non-hydrogen) atoms. The summed E-state index contributed by atoms with van der Waals surface area (Å²) in [5.41, 5.74) is 2.73. The minimum atomic E-state index is -0.453. The Kier molecular flexibility index (Phi) is 4.06. The summed E-state index contributed by atoms with van der Waals surface area (Å²) in [6.45, 7) is 3.96. The van der Waals surface area contributed by atoms with Crippen LogP contribution in [0, 0.1) is 0 Å². The van der Waals surface area contributed by atoms with Crippen molar-refractivity contribution in [1.29, 1.82) is 0 Å². The molecule has 12 heteroatoms. The van der Waals surface area contributed by atoms with Crippen molar-refractivity contribution >= 4 is 28.1 Å². The van der Waals surface area contributed by atoms with Gasteiger partial charge < -0.3 is 14.8 Å². The molecule has 0 aliphatic heterocycles. The maximum Gasteiger partial charge on any atom is 0.271 e. The molecule has 0 aromatic carbocycles. The maximum absolute atomic E-state index is 12.8. The molecule has 1 fully saturated rings. The zero-order valence-electron chi connectivity index (χ0n) is 18.2. The molecule has 0 bridgehead atoms. The van der Waals surface area contributed by atoms with Crippen molar-refractivity contribution in [2.24, 2.45) is 7.05 Å². The molecule has 166 valence electrons. The van der Waals surface area contributed by atoms with Crippen LogP contribution in [0.4, 0.5) is 0 Å². The molecule has 1 atom stereocenters. The monoisotopic (exact) mass is 444 g/mol. The number of aryl methyl sites for hydroxylation is 1. The van der Waals surface area contributed by atoms with Crippen molar-refractivity contribution < 1.29 is 9.32 Å². The average Bonchev–Trinajstić information content (AvgIpc) is 3.19. The molecule has 1 aliphatic rings. The Balaban J connectivity index is 1.23. The molecule has 0 radical (unpaired) electrons. The van der Waals surface area contributed by atoms with Crippen molar-refractivity contribution in [2.75, 3.05) is 0 Å². The van der Waals surface area contributed by atoms with Crippen LogP contribution in [0.5, 0.6) is 0 Å². The van der Waals surface area contributed by atoms with Gasteiger partial charge in [0.1, 0.15) is 29.1 Å². The Labute approximate surface area is 186 Å². The van der Waals surface area contributed by atoms with Crippen LogP contribution in [-0.4, -0.2) is 50.7 Å². The molecule has 5 aromatic heterocycles. The summed E-state index contributed by atoms with van der Waals surface area (Å²) in [6.07, 6.45) is 6.85. The highest BCUT2D eigenvalue weighted by atomic mass is 16.5. The molecule has 1 aliphatic carbocycles. The van der Waals surface area contributed by atoms with Crippen LogP contribution in [0.25, 0.3) is 33.7 Å². The van der Waals surface area contributed by atoms with Gasteiger partial charge in [-0.3, -0.25) is 9.48 Å². The van der Waals surface area contributed by atoms with Crippen molar-refractivity contribution in [3.63, 3.8) is 0 Å². The van der Waals surface area contributed by atoms with Gasteiger partial charge in [0.15, 0.2) is 22.9 Å². The quantitative estimate of drug-likeness (QED) is 0.415. The topological polar surface area (TPSA) is 153 Å². The van der Waals surface area contributed by atoms with Crippen LogP contribution in [0.2, 0.25) is 0 Å². The number of carbonyl (C=O) groups excluding carboxylic acids is 1. The molecular formula is C21H20N10O2. The van der Waals surface area contributed by atoms with Crippen LogP contribution >= 0.6 is 0 Å². The van der Waals surface area contributed by atoms with E-state index in [0.717, 1.165) is 24.2 Å². The Morgan fingerprint density at radius 2 is 2.09 bits per heavy atom.